The van der Waals surface area contributed by atoms with E-state index in [9.17, 15) is 0 Å². The van der Waals surface area contributed by atoms with E-state index in [-0.39, 0.29) is 0 Å². The van der Waals surface area contributed by atoms with Crippen molar-refractivity contribution in [3.63, 3.8) is 0 Å². The van der Waals surface area contributed by atoms with Crippen molar-refractivity contribution in [3.05, 3.63) is 61.1 Å². The van der Waals surface area contributed by atoms with Gasteiger partial charge in [-0.15, -0.1) is 0 Å². The molecule has 0 saturated carbocycles. The van der Waals surface area contributed by atoms with Crippen LogP contribution >= 0.6 is 0 Å². The van der Waals surface area contributed by atoms with Gasteiger partial charge in [0.05, 0.1) is 30.2 Å². The number of aromatic nitrogens is 4. The van der Waals surface area contributed by atoms with Gasteiger partial charge in [-0.1, -0.05) is 30.3 Å². The molecular weight excluding hydrogens is 288 g/mol. The first-order valence-corrected chi connectivity index (χ1v) is 7.25. The van der Waals surface area contributed by atoms with Gasteiger partial charge in [0.1, 0.15) is 12.1 Å². The Balaban J connectivity index is 1.93. The number of H-pyrrole nitrogens is 1. The van der Waals surface area contributed by atoms with Crippen LogP contribution in [0, 0.1) is 0 Å². The first kappa shape index (κ1) is 13.5. The van der Waals surface area contributed by atoms with Gasteiger partial charge in [0, 0.05) is 22.6 Å². The summed E-state index contributed by atoms with van der Waals surface area (Å²) in [6.07, 6.45) is 3.37. The van der Waals surface area contributed by atoms with Crippen LogP contribution in [0.3, 0.4) is 0 Å². The molecule has 0 unspecified atom stereocenters. The molecule has 0 saturated heterocycles. The normalized spacial score (nSPS) is 10.8. The molecule has 4 rings (SSSR count). The smallest absolute Gasteiger partial charge is 0.121 e. The highest BCUT2D eigenvalue weighted by Crippen LogP contribution is 2.33. The summed E-state index contributed by atoms with van der Waals surface area (Å²) < 4.78 is 5.27. The molecule has 0 radical (unpaired) electrons. The molecule has 0 spiro atoms. The molecule has 0 amide bonds. The molecule has 5 heteroatoms. The minimum atomic E-state index is 0.776. The molecule has 23 heavy (non-hydrogen) atoms. The van der Waals surface area contributed by atoms with Crippen molar-refractivity contribution in [3.8, 4) is 28.3 Å². The van der Waals surface area contributed by atoms with E-state index in [4.69, 9.17) is 4.74 Å². The summed E-state index contributed by atoms with van der Waals surface area (Å²) in [6, 6.07) is 15.9. The maximum absolute atomic E-state index is 5.27. The fourth-order valence-corrected chi connectivity index (χ4v) is 2.67. The largest absolute Gasteiger partial charge is 0.497 e. The third kappa shape index (κ3) is 2.32. The molecule has 0 atom stereocenters. The number of ether oxygens (including phenoxy) is 1. The number of aromatic amines is 1. The van der Waals surface area contributed by atoms with Gasteiger partial charge in [0.15, 0.2) is 0 Å². The molecular formula is C18H14N4O. The van der Waals surface area contributed by atoms with E-state index in [1.165, 1.54) is 0 Å². The zero-order chi connectivity index (χ0) is 15.6. The fourth-order valence-electron chi connectivity index (χ4n) is 2.67. The summed E-state index contributed by atoms with van der Waals surface area (Å²) in [5, 5.41) is 8.24. The van der Waals surface area contributed by atoms with Crippen molar-refractivity contribution in [2.75, 3.05) is 7.11 Å². The number of hydrogen-bond acceptors (Lipinski definition) is 4. The molecule has 2 aromatic carbocycles. The summed E-state index contributed by atoms with van der Waals surface area (Å²) in [4.78, 5) is 8.82. The van der Waals surface area contributed by atoms with Crippen LogP contribution in [0.4, 0.5) is 0 Å². The fraction of sp³-hybridized carbons (Fsp3) is 0.0556. The van der Waals surface area contributed by atoms with Crippen molar-refractivity contribution < 1.29 is 4.74 Å². The van der Waals surface area contributed by atoms with Gasteiger partial charge in [0.2, 0.25) is 0 Å². The Kier molecular flexibility index (Phi) is 3.24. The predicted octanol–water partition coefficient (Wildman–Crippen LogP) is 3.70. The number of nitrogens with zero attached hydrogens (tertiary/aromatic N) is 3. The zero-order valence-electron chi connectivity index (χ0n) is 12.5. The molecule has 4 aromatic rings. The van der Waals surface area contributed by atoms with E-state index in [1.54, 1.807) is 19.6 Å². The molecule has 5 nitrogen and oxygen atoms in total. The van der Waals surface area contributed by atoms with Crippen molar-refractivity contribution in [2.45, 2.75) is 0 Å². The molecule has 0 aliphatic heterocycles. The number of hydrogen-bond donors (Lipinski definition) is 1. The van der Waals surface area contributed by atoms with Gasteiger partial charge in [-0.25, -0.2) is 9.97 Å². The number of fused-ring (bicyclic) bond motifs is 1. The molecule has 0 fully saturated rings. The van der Waals surface area contributed by atoms with Crippen molar-refractivity contribution >= 4 is 10.9 Å². The maximum Gasteiger partial charge on any atom is 0.121 e. The zero-order valence-corrected chi connectivity index (χ0v) is 12.5. The standard InChI is InChI=1S/C18H14N4O/c1-23-13-7-8-14-16(9-13)19-11-20-18(14)15-10-21-22-17(15)12-5-3-2-4-6-12/h2-11H,1H3,(H,21,22). The third-order valence-corrected chi connectivity index (χ3v) is 3.80. The summed E-state index contributed by atoms with van der Waals surface area (Å²) in [5.74, 6) is 0.776. The lowest BCUT2D eigenvalue weighted by Gasteiger charge is -2.07. The Bertz CT molecular complexity index is 963. The van der Waals surface area contributed by atoms with Gasteiger partial charge in [0.25, 0.3) is 0 Å². The number of nitrogens with one attached hydrogen (secondary N) is 1. The lowest BCUT2D eigenvalue weighted by molar-refractivity contribution is 0.415. The summed E-state index contributed by atoms with van der Waals surface area (Å²) in [6.45, 7) is 0. The van der Waals surface area contributed by atoms with Crippen LogP contribution < -0.4 is 4.74 Å². The lowest BCUT2D eigenvalue weighted by Crippen LogP contribution is -1.91. The van der Waals surface area contributed by atoms with E-state index in [2.05, 4.69) is 20.2 Å². The van der Waals surface area contributed by atoms with Crippen molar-refractivity contribution in [1.29, 1.82) is 0 Å². The summed E-state index contributed by atoms with van der Waals surface area (Å²) in [7, 11) is 1.65. The second-order valence-electron chi connectivity index (χ2n) is 5.13. The number of benzene rings is 2. The van der Waals surface area contributed by atoms with Crippen LogP contribution in [0.1, 0.15) is 0 Å². The van der Waals surface area contributed by atoms with Crippen LogP contribution in [-0.2, 0) is 0 Å². The van der Waals surface area contributed by atoms with Gasteiger partial charge in [-0.3, -0.25) is 5.10 Å². The predicted molar refractivity (Wildman–Crippen MR) is 89.1 cm³/mol. The quantitative estimate of drug-likeness (QED) is 0.627. The molecule has 112 valence electrons. The molecule has 2 heterocycles. The highest BCUT2D eigenvalue weighted by molar-refractivity contribution is 5.96. The Labute approximate surface area is 133 Å². The Hall–Kier alpha value is -3.21. The summed E-state index contributed by atoms with van der Waals surface area (Å²) >= 11 is 0. The van der Waals surface area contributed by atoms with E-state index in [0.29, 0.717) is 0 Å². The van der Waals surface area contributed by atoms with E-state index in [1.807, 2.05) is 48.5 Å². The molecule has 0 aliphatic rings. The molecule has 0 aliphatic carbocycles. The van der Waals surface area contributed by atoms with Crippen LogP contribution in [0.15, 0.2) is 61.1 Å². The van der Waals surface area contributed by atoms with Crippen molar-refractivity contribution in [1.82, 2.24) is 20.2 Å². The second kappa shape index (κ2) is 5.53. The average Bonchev–Trinajstić information content (AvgIpc) is 3.11. The van der Waals surface area contributed by atoms with Gasteiger partial charge in [-0.05, 0) is 12.1 Å². The third-order valence-electron chi connectivity index (χ3n) is 3.80. The van der Waals surface area contributed by atoms with Crippen LogP contribution in [0.2, 0.25) is 0 Å². The van der Waals surface area contributed by atoms with Crippen LogP contribution in [-0.4, -0.2) is 27.3 Å². The number of methoxy groups -OCH3 is 1. The van der Waals surface area contributed by atoms with E-state index >= 15 is 0 Å². The Morgan fingerprint density at radius 2 is 1.87 bits per heavy atom. The van der Waals surface area contributed by atoms with Crippen molar-refractivity contribution in [2.24, 2.45) is 0 Å². The lowest BCUT2D eigenvalue weighted by atomic mass is 10.0. The summed E-state index contributed by atoms with van der Waals surface area (Å²) in [5.41, 5.74) is 4.66. The molecule has 1 N–H and O–H groups in total. The topological polar surface area (TPSA) is 63.7 Å². The minimum absolute atomic E-state index is 0.776. The molecule has 0 bridgehead atoms. The Morgan fingerprint density at radius 1 is 1.00 bits per heavy atom. The highest BCUT2D eigenvalue weighted by Gasteiger charge is 2.14. The van der Waals surface area contributed by atoms with Gasteiger partial charge in [-0.2, -0.15) is 5.10 Å². The number of rotatable bonds is 3. The van der Waals surface area contributed by atoms with E-state index in [0.717, 1.165) is 39.2 Å². The second-order valence-corrected chi connectivity index (χ2v) is 5.13. The maximum atomic E-state index is 5.27. The van der Waals surface area contributed by atoms with Crippen LogP contribution in [0.5, 0.6) is 5.75 Å². The monoisotopic (exact) mass is 302 g/mol. The van der Waals surface area contributed by atoms with E-state index < -0.39 is 0 Å². The Morgan fingerprint density at radius 3 is 2.70 bits per heavy atom. The molecule has 2 aromatic heterocycles. The SMILES string of the molecule is COc1ccc2c(-c3cn[nH]c3-c3ccccc3)ncnc2c1. The van der Waals surface area contributed by atoms with Gasteiger partial charge >= 0.3 is 0 Å². The average molecular weight is 302 g/mol. The van der Waals surface area contributed by atoms with Gasteiger partial charge < -0.3 is 4.74 Å². The minimum Gasteiger partial charge on any atom is -0.497 e. The first-order chi connectivity index (χ1) is 11.4. The van der Waals surface area contributed by atoms with Crippen LogP contribution in [0.25, 0.3) is 33.4 Å². The first-order valence-electron chi connectivity index (χ1n) is 7.25. The highest BCUT2D eigenvalue weighted by atomic mass is 16.5.